The molecule has 6 heteroatoms. The van der Waals surface area contributed by atoms with Gasteiger partial charge in [-0.2, -0.15) is 0 Å². The number of amides is 1. The summed E-state index contributed by atoms with van der Waals surface area (Å²) in [5.41, 5.74) is 0.628. The quantitative estimate of drug-likeness (QED) is 0.790. The first-order valence-corrected chi connectivity index (χ1v) is 8.64. The average Bonchev–Trinajstić information content (AvgIpc) is 3.09. The van der Waals surface area contributed by atoms with E-state index < -0.39 is 11.4 Å². The zero-order valence-electron chi connectivity index (χ0n) is 14.5. The molecule has 1 amide bonds. The first-order valence-electron chi connectivity index (χ1n) is 8.64. The van der Waals surface area contributed by atoms with Crippen molar-refractivity contribution in [3.63, 3.8) is 0 Å². The van der Waals surface area contributed by atoms with Crippen LogP contribution in [-0.4, -0.2) is 53.7 Å². The molecule has 0 bridgehead atoms. The smallest absolute Gasteiger partial charge is 0.311 e. The average molecular weight is 344 g/mol. The molecular formula is C19H24N2O4. The van der Waals surface area contributed by atoms with Gasteiger partial charge in [0.2, 0.25) is 0 Å². The summed E-state index contributed by atoms with van der Waals surface area (Å²) in [6.45, 7) is 1.39. The molecule has 0 saturated carbocycles. The van der Waals surface area contributed by atoms with E-state index >= 15 is 0 Å². The second kappa shape index (κ2) is 7.27. The second-order valence-electron chi connectivity index (χ2n) is 6.79. The summed E-state index contributed by atoms with van der Waals surface area (Å²) in [5.74, 6) is -0.922. The van der Waals surface area contributed by atoms with Gasteiger partial charge in [-0.3, -0.25) is 9.59 Å². The molecule has 134 valence electrons. The Morgan fingerprint density at radius 3 is 2.96 bits per heavy atom. The molecule has 25 heavy (non-hydrogen) atoms. The molecule has 1 unspecified atom stereocenters. The van der Waals surface area contributed by atoms with E-state index in [0.717, 1.165) is 10.9 Å². The van der Waals surface area contributed by atoms with E-state index in [1.54, 1.807) is 18.1 Å². The molecule has 3 rings (SSSR count). The first-order chi connectivity index (χ1) is 12.1. The lowest BCUT2D eigenvalue weighted by Crippen LogP contribution is -2.50. The van der Waals surface area contributed by atoms with Gasteiger partial charge in [-0.25, -0.2) is 0 Å². The van der Waals surface area contributed by atoms with Crippen LogP contribution in [0.25, 0.3) is 10.9 Å². The minimum absolute atomic E-state index is 0.103. The summed E-state index contributed by atoms with van der Waals surface area (Å²) in [7, 11) is 1.61. The maximum atomic E-state index is 12.9. The predicted molar refractivity (Wildman–Crippen MR) is 94.6 cm³/mol. The van der Waals surface area contributed by atoms with Crippen LogP contribution in [0.15, 0.2) is 30.5 Å². The van der Waals surface area contributed by atoms with E-state index in [4.69, 9.17) is 4.74 Å². The minimum Gasteiger partial charge on any atom is -0.481 e. The zero-order valence-corrected chi connectivity index (χ0v) is 14.5. The van der Waals surface area contributed by atoms with E-state index in [1.165, 1.54) is 0 Å². The Balaban J connectivity index is 1.78. The lowest BCUT2D eigenvalue weighted by Gasteiger charge is -2.40. The maximum Gasteiger partial charge on any atom is 0.311 e. The van der Waals surface area contributed by atoms with Gasteiger partial charge in [-0.05, 0) is 49.3 Å². The molecule has 0 radical (unpaired) electrons. The topological polar surface area (TPSA) is 82.6 Å². The van der Waals surface area contributed by atoms with E-state index in [-0.39, 0.29) is 12.5 Å². The van der Waals surface area contributed by atoms with E-state index in [0.29, 0.717) is 44.4 Å². The van der Waals surface area contributed by atoms with Gasteiger partial charge in [0, 0.05) is 44.1 Å². The second-order valence-corrected chi connectivity index (χ2v) is 6.79. The summed E-state index contributed by atoms with van der Waals surface area (Å²) >= 11 is 0. The number of nitrogens with one attached hydrogen (secondary N) is 1. The molecule has 6 nitrogen and oxygen atoms in total. The number of benzene rings is 1. The molecule has 1 aromatic carbocycles. The molecule has 2 aromatic rings. The number of carboxylic acid groups (broad SMARTS) is 1. The number of likely N-dealkylation sites (tertiary alicyclic amines) is 1. The number of piperidine rings is 1. The van der Waals surface area contributed by atoms with Crippen LogP contribution in [0.1, 0.15) is 36.0 Å². The van der Waals surface area contributed by atoms with Crippen LogP contribution in [-0.2, 0) is 9.53 Å². The number of ether oxygens (including phenoxy) is 1. The van der Waals surface area contributed by atoms with Gasteiger partial charge in [0.25, 0.3) is 5.91 Å². The lowest BCUT2D eigenvalue weighted by atomic mass is 9.76. The first kappa shape index (κ1) is 17.5. The van der Waals surface area contributed by atoms with Crippen LogP contribution in [0, 0.1) is 5.41 Å². The van der Waals surface area contributed by atoms with Crippen molar-refractivity contribution in [1.82, 2.24) is 9.88 Å². The van der Waals surface area contributed by atoms with Gasteiger partial charge in [-0.15, -0.1) is 0 Å². The fourth-order valence-electron chi connectivity index (χ4n) is 3.71. The number of hydrogen-bond donors (Lipinski definition) is 2. The Morgan fingerprint density at radius 2 is 2.20 bits per heavy atom. The van der Waals surface area contributed by atoms with Crippen LogP contribution >= 0.6 is 0 Å². The number of nitrogens with zero attached hydrogens (tertiary/aromatic N) is 1. The van der Waals surface area contributed by atoms with Crippen LogP contribution in [0.4, 0.5) is 0 Å². The highest BCUT2D eigenvalue weighted by Crippen LogP contribution is 2.35. The molecule has 2 N–H and O–H groups in total. The summed E-state index contributed by atoms with van der Waals surface area (Å²) in [6.07, 6.45) is 4.35. The van der Waals surface area contributed by atoms with Crippen LogP contribution < -0.4 is 0 Å². The van der Waals surface area contributed by atoms with Crippen molar-refractivity contribution in [1.29, 1.82) is 0 Å². The van der Waals surface area contributed by atoms with Gasteiger partial charge in [0.15, 0.2) is 0 Å². The van der Waals surface area contributed by atoms with Crippen molar-refractivity contribution in [3.05, 3.63) is 36.0 Å². The highest BCUT2D eigenvalue weighted by molar-refractivity contribution is 5.98. The Kier molecular flexibility index (Phi) is 5.08. The van der Waals surface area contributed by atoms with Crippen LogP contribution in [0.5, 0.6) is 0 Å². The number of aliphatic carboxylic acids is 1. The number of hydrogen-bond acceptors (Lipinski definition) is 3. The normalized spacial score (nSPS) is 20.8. The van der Waals surface area contributed by atoms with Gasteiger partial charge in [0.05, 0.1) is 5.41 Å². The molecular weight excluding hydrogens is 320 g/mol. The van der Waals surface area contributed by atoms with E-state index in [2.05, 4.69) is 4.98 Å². The molecule has 1 saturated heterocycles. The van der Waals surface area contributed by atoms with E-state index in [1.807, 2.05) is 24.4 Å². The number of aromatic amines is 1. The Labute approximate surface area is 146 Å². The van der Waals surface area contributed by atoms with Crippen LogP contribution in [0.3, 0.4) is 0 Å². The maximum absolute atomic E-state index is 12.9. The van der Waals surface area contributed by atoms with Gasteiger partial charge < -0.3 is 19.7 Å². The Hall–Kier alpha value is -2.34. The van der Waals surface area contributed by atoms with Crippen molar-refractivity contribution < 1.29 is 19.4 Å². The third-order valence-corrected chi connectivity index (χ3v) is 5.12. The molecule has 0 spiro atoms. The minimum atomic E-state index is -0.872. The highest BCUT2D eigenvalue weighted by Gasteiger charge is 2.43. The molecule has 2 heterocycles. The number of carbonyl (C=O) groups is 2. The summed E-state index contributed by atoms with van der Waals surface area (Å²) in [4.78, 5) is 29.6. The number of H-pyrrole nitrogens is 1. The summed E-state index contributed by atoms with van der Waals surface area (Å²) in [6, 6.07) is 7.50. The molecule has 1 atom stereocenters. The van der Waals surface area contributed by atoms with Gasteiger partial charge >= 0.3 is 5.97 Å². The molecule has 1 fully saturated rings. The van der Waals surface area contributed by atoms with Crippen LogP contribution in [0.2, 0.25) is 0 Å². The Morgan fingerprint density at radius 1 is 1.36 bits per heavy atom. The highest BCUT2D eigenvalue weighted by atomic mass is 16.5. The fraction of sp³-hybridized carbons (Fsp3) is 0.474. The lowest BCUT2D eigenvalue weighted by molar-refractivity contribution is -0.152. The number of rotatable bonds is 6. The number of carboxylic acids is 1. The van der Waals surface area contributed by atoms with Gasteiger partial charge in [-0.1, -0.05) is 6.07 Å². The monoisotopic (exact) mass is 344 g/mol. The summed E-state index contributed by atoms with van der Waals surface area (Å²) < 4.78 is 5.06. The Bertz CT molecular complexity index is 770. The SMILES string of the molecule is COCCCC1(C(=O)O)CCCN(C(=O)c2ccc3cc[nH]c3c2)C1. The molecule has 0 aliphatic carbocycles. The zero-order chi connectivity index (χ0) is 17.9. The third-order valence-electron chi connectivity index (χ3n) is 5.12. The molecule has 1 aliphatic rings. The largest absolute Gasteiger partial charge is 0.481 e. The van der Waals surface area contributed by atoms with Crippen molar-refractivity contribution in [3.8, 4) is 0 Å². The fourth-order valence-corrected chi connectivity index (χ4v) is 3.71. The van der Waals surface area contributed by atoms with Crippen molar-refractivity contribution in [2.45, 2.75) is 25.7 Å². The molecule has 1 aromatic heterocycles. The van der Waals surface area contributed by atoms with Crippen molar-refractivity contribution in [2.75, 3.05) is 26.8 Å². The standard InChI is InChI=1S/C19H24N2O4/c1-25-11-3-8-19(18(23)24)7-2-10-21(13-19)17(22)15-5-4-14-6-9-20-16(14)12-15/h4-6,9,12,20H,2-3,7-8,10-11,13H2,1H3,(H,23,24). The van der Waals surface area contributed by atoms with Crippen molar-refractivity contribution in [2.24, 2.45) is 5.41 Å². The van der Waals surface area contributed by atoms with Crippen molar-refractivity contribution >= 4 is 22.8 Å². The van der Waals surface area contributed by atoms with E-state index in [9.17, 15) is 14.7 Å². The number of methoxy groups -OCH3 is 1. The third kappa shape index (κ3) is 3.54. The summed E-state index contributed by atoms with van der Waals surface area (Å²) in [5, 5.41) is 10.8. The number of fused-ring (bicyclic) bond motifs is 1. The number of carbonyl (C=O) groups excluding carboxylic acids is 1. The number of aromatic nitrogens is 1. The predicted octanol–water partition coefficient (Wildman–Crippen LogP) is 2.90. The van der Waals surface area contributed by atoms with Gasteiger partial charge in [0.1, 0.15) is 0 Å². The molecule has 1 aliphatic heterocycles.